The van der Waals surface area contributed by atoms with Crippen molar-refractivity contribution in [2.24, 2.45) is 0 Å². The van der Waals surface area contributed by atoms with Crippen LogP contribution in [0.15, 0.2) is 58.0 Å². The summed E-state index contributed by atoms with van der Waals surface area (Å²) in [5.74, 6) is 0.317. The van der Waals surface area contributed by atoms with E-state index in [1.165, 1.54) is 10.9 Å². The van der Waals surface area contributed by atoms with E-state index in [1.807, 2.05) is 26.8 Å². The number of nitrogens with one attached hydrogen (secondary N) is 1. The van der Waals surface area contributed by atoms with Gasteiger partial charge in [0, 0.05) is 11.1 Å². The number of rotatable bonds is 3. The van der Waals surface area contributed by atoms with Gasteiger partial charge in [-0.1, -0.05) is 32.9 Å². The predicted molar refractivity (Wildman–Crippen MR) is 107 cm³/mol. The van der Waals surface area contributed by atoms with Gasteiger partial charge < -0.3 is 9.73 Å². The Balaban J connectivity index is 1.55. The van der Waals surface area contributed by atoms with Crippen LogP contribution in [-0.2, 0) is 16.8 Å². The SMILES string of the molecule is CC(C)(C)c1nc2cc(NC(=O)Cn3cnc4ccccc4c3=O)ccc2o1. The van der Waals surface area contributed by atoms with Gasteiger partial charge in [0.05, 0.1) is 17.2 Å². The quantitative estimate of drug-likeness (QED) is 0.591. The minimum atomic E-state index is -0.321. The van der Waals surface area contributed by atoms with Crippen molar-refractivity contribution in [3.05, 3.63) is 65.0 Å². The normalized spacial score (nSPS) is 11.8. The number of para-hydroxylation sites is 1. The van der Waals surface area contributed by atoms with Crippen molar-refractivity contribution >= 4 is 33.6 Å². The van der Waals surface area contributed by atoms with Gasteiger partial charge in [-0.2, -0.15) is 0 Å². The highest BCUT2D eigenvalue weighted by atomic mass is 16.3. The Kier molecular flexibility index (Phi) is 4.22. The number of hydrogen-bond donors (Lipinski definition) is 1. The van der Waals surface area contributed by atoms with Crippen LogP contribution in [-0.4, -0.2) is 20.4 Å². The highest BCUT2D eigenvalue weighted by Crippen LogP contribution is 2.27. The summed E-state index contributed by atoms with van der Waals surface area (Å²) in [5.41, 5.74) is 2.09. The minimum absolute atomic E-state index is 0.124. The van der Waals surface area contributed by atoms with Crippen LogP contribution in [0.2, 0.25) is 0 Å². The van der Waals surface area contributed by atoms with Gasteiger partial charge in [0.1, 0.15) is 12.1 Å². The van der Waals surface area contributed by atoms with E-state index in [0.717, 1.165) is 0 Å². The van der Waals surface area contributed by atoms with Gasteiger partial charge in [-0.3, -0.25) is 14.2 Å². The second-order valence-electron chi connectivity index (χ2n) is 7.69. The molecule has 0 spiro atoms. The van der Waals surface area contributed by atoms with E-state index >= 15 is 0 Å². The minimum Gasteiger partial charge on any atom is -0.440 e. The van der Waals surface area contributed by atoms with Crippen LogP contribution in [0.1, 0.15) is 26.7 Å². The maximum Gasteiger partial charge on any atom is 0.261 e. The fraction of sp³-hybridized carbons (Fsp3) is 0.238. The van der Waals surface area contributed by atoms with Crippen LogP contribution in [0.5, 0.6) is 0 Å². The summed E-state index contributed by atoms with van der Waals surface area (Å²) in [5, 5.41) is 3.28. The second-order valence-corrected chi connectivity index (χ2v) is 7.69. The van der Waals surface area contributed by atoms with Gasteiger partial charge in [-0.25, -0.2) is 9.97 Å². The van der Waals surface area contributed by atoms with E-state index in [4.69, 9.17) is 4.42 Å². The first-order valence-corrected chi connectivity index (χ1v) is 8.96. The Bertz CT molecular complexity index is 1250. The zero-order valence-electron chi connectivity index (χ0n) is 15.9. The smallest absolute Gasteiger partial charge is 0.261 e. The Labute approximate surface area is 161 Å². The van der Waals surface area contributed by atoms with Crippen LogP contribution in [0, 0.1) is 0 Å². The lowest BCUT2D eigenvalue weighted by Crippen LogP contribution is -2.27. The van der Waals surface area contributed by atoms with E-state index in [1.54, 1.807) is 36.4 Å². The molecular weight excluding hydrogens is 356 g/mol. The number of carbonyl (C=O) groups excluding carboxylic acids is 1. The average Bonchev–Trinajstić information content (AvgIpc) is 3.08. The molecule has 28 heavy (non-hydrogen) atoms. The predicted octanol–water partition coefficient (Wildman–Crippen LogP) is 3.47. The summed E-state index contributed by atoms with van der Waals surface area (Å²) in [6, 6.07) is 12.3. The number of anilines is 1. The van der Waals surface area contributed by atoms with Gasteiger partial charge in [0.15, 0.2) is 5.58 Å². The summed E-state index contributed by atoms with van der Waals surface area (Å²) < 4.78 is 7.06. The van der Waals surface area contributed by atoms with E-state index in [2.05, 4.69) is 15.3 Å². The van der Waals surface area contributed by atoms with Crippen molar-refractivity contribution < 1.29 is 9.21 Å². The standard InChI is InChI=1S/C21H20N4O3/c1-21(2,3)20-24-16-10-13(8-9-17(16)28-20)23-18(26)11-25-12-22-15-7-5-4-6-14(15)19(25)27/h4-10,12H,11H2,1-3H3,(H,23,26). The van der Waals surface area contributed by atoms with Crippen molar-refractivity contribution in [3.63, 3.8) is 0 Å². The number of hydrogen-bond acceptors (Lipinski definition) is 5. The lowest BCUT2D eigenvalue weighted by Gasteiger charge is -2.11. The monoisotopic (exact) mass is 376 g/mol. The van der Waals surface area contributed by atoms with Crippen molar-refractivity contribution in [1.82, 2.24) is 14.5 Å². The molecule has 1 amide bonds. The molecule has 2 aromatic heterocycles. The lowest BCUT2D eigenvalue weighted by molar-refractivity contribution is -0.116. The number of carbonyl (C=O) groups is 1. The molecule has 2 heterocycles. The highest BCUT2D eigenvalue weighted by Gasteiger charge is 2.21. The molecule has 0 aliphatic heterocycles. The topological polar surface area (TPSA) is 90.0 Å². The van der Waals surface area contributed by atoms with Crippen LogP contribution < -0.4 is 10.9 Å². The highest BCUT2D eigenvalue weighted by molar-refractivity contribution is 5.92. The van der Waals surface area contributed by atoms with Crippen LogP contribution >= 0.6 is 0 Å². The maximum atomic E-state index is 12.5. The number of aromatic nitrogens is 3. The fourth-order valence-corrected chi connectivity index (χ4v) is 2.90. The molecular formula is C21H20N4O3. The molecule has 0 aliphatic rings. The first-order valence-electron chi connectivity index (χ1n) is 8.96. The molecule has 4 rings (SSSR count). The molecule has 0 saturated carbocycles. The number of oxazole rings is 1. The number of amides is 1. The van der Waals surface area contributed by atoms with E-state index in [-0.39, 0.29) is 23.4 Å². The molecule has 0 aliphatic carbocycles. The molecule has 7 heteroatoms. The number of nitrogens with zero attached hydrogens (tertiary/aromatic N) is 3. The third-order valence-electron chi connectivity index (χ3n) is 4.36. The van der Waals surface area contributed by atoms with Gasteiger partial charge in [0.25, 0.3) is 5.56 Å². The molecule has 2 aromatic carbocycles. The van der Waals surface area contributed by atoms with Crippen molar-refractivity contribution in [1.29, 1.82) is 0 Å². The molecule has 0 radical (unpaired) electrons. The fourth-order valence-electron chi connectivity index (χ4n) is 2.90. The molecule has 0 saturated heterocycles. The third-order valence-corrected chi connectivity index (χ3v) is 4.36. The number of fused-ring (bicyclic) bond motifs is 2. The summed E-state index contributed by atoms with van der Waals surface area (Å²) in [4.78, 5) is 33.7. The van der Waals surface area contributed by atoms with Gasteiger partial charge in [-0.05, 0) is 30.3 Å². The van der Waals surface area contributed by atoms with E-state index in [9.17, 15) is 9.59 Å². The largest absolute Gasteiger partial charge is 0.440 e. The van der Waals surface area contributed by atoms with Crippen LogP contribution in [0.25, 0.3) is 22.0 Å². The lowest BCUT2D eigenvalue weighted by atomic mass is 9.97. The molecule has 142 valence electrons. The van der Waals surface area contributed by atoms with E-state index < -0.39 is 0 Å². The van der Waals surface area contributed by atoms with Crippen LogP contribution in [0.3, 0.4) is 0 Å². The maximum absolute atomic E-state index is 12.5. The zero-order chi connectivity index (χ0) is 19.9. The van der Waals surface area contributed by atoms with Crippen molar-refractivity contribution in [3.8, 4) is 0 Å². The van der Waals surface area contributed by atoms with Crippen LogP contribution in [0.4, 0.5) is 5.69 Å². The third kappa shape index (κ3) is 3.38. The Morgan fingerprint density at radius 1 is 1.14 bits per heavy atom. The average molecular weight is 376 g/mol. The van der Waals surface area contributed by atoms with Gasteiger partial charge in [-0.15, -0.1) is 0 Å². The molecule has 7 nitrogen and oxygen atoms in total. The summed E-state index contributed by atoms with van der Waals surface area (Å²) >= 11 is 0. The summed E-state index contributed by atoms with van der Waals surface area (Å²) in [6.45, 7) is 5.95. The molecule has 0 atom stereocenters. The van der Waals surface area contributed by atoms with Crippen molar-refractivity contribution in [2.75, 3.05) is 5.32 Å². The van der Waals surface area contributed by atoms with E-state index in [0.29, 0.717) is 33.6 Å². The first kappa shape index (κ1) is 17.9. The van der Waals surface area contributed by atoms with Gasteiger partial charge in [0.2, 0.25) is 11.8 Å². The summed E-state index contributed by atoms with van der Waals surface area (Å²) in [6.07, 6.45) is 1.39. The first-order chi connectivity index (χ1) is 13.3. The molecule has 0 fully saturated rings. The number of benzene rings is 2. The zero-order valence-corrected chi connectivity index (χ0v) is 15.9. The second kappa shape index (κ2) is 6.60. The molecule has 1 N–H and O–H groups in total. The van der Waals surface area contributed by atoms with Gasteiger partial charge >= 0.3 is 0 Å². The Morgan fingerprint density at radius 2 is 1.93 bits per heavy atom. The Hall–Kier alpha value is -3.48. The molecule has 0 unspecified atom stereocenters. The van der Waals surface area contributed by atoms with Crippen molar-refractivity contribution in [2.45, 2.75) is 32.7 Å². The summed E-state index contributed by atoms with van der Waals surface area (Å²) in [7, 11) is 0. The molecule has 0 bridgehead atoms. The Morgan fingerprint density at radius 3 is 2.71 bits per heavy atom. The molecule has 4 aromatic rings.